The fourth-order valence-corrected chi connectivity index (χ4v) is 1.74. The Bertz CT molecular complexity index is 120. The van der Waals surface area contributed by atoms with E-state index in [2.05, 4.69) is 19.2 Å². The van der Waals surface area contributed by atoms with Crippen molar-refractivity contribution in [3.63, 3.8) is 0 Å². The molecule has 0 radical (unpaired) electrons. The number of nitrogens with two attached hydrogens (primary N) is 1. The molecule has 0 aromatic heterocycles. The zero-order chi connectivity index (χ0) is 13.4. The minimum absolute atomic E-state index is 0.468. The van der Waals surface area contributed by atoms with Crippen LogP contribution in [0.5, 0.6) is 0 Å². The predicted octanol–water partition coefficient (Wildman–Crippen LogP) is 1.31. The molecule has 0 bridgehead atoms. The van der Waals surface area contributed by atoms with Crippen LogP contribution in [0.2, 0.25) is 6.04 Å². The van der Waals surface area contributed by atoms with Crippen molar-refractivity contribution in [2.24, 2.45) is 5.73 Å². The molecule has 0 saturated heterocycles. The SMILES string of the molecule is CCCCC(C)OCC.NCCNCCC[SiH3]. The molecule has 0 aliphatic rings. The second-order valence-corrected chi connectivity index (χ2v) is 5.30. The number of hydrogen-bond donors (Lipinski definition) is 2. The molecule has 0 amide bonds. The number of ether oxygens (including phenoxy) is 1. The summed E-state index contributed by atoms with van der Waals surface area (Å²) in [6.07, 6.45) is 5.57. The van der Waals surface area contributed by atoms with Gasteiger partial charge in [0.25, 0.3) is 0 Å². The highest BCUT2D eigenvalue weighted by Gasteiger charge is 1.97. The molecule has 0 aromatic carbocycles. The van der Waals surface area contributed by atoms with Gasteiger partial charge in [-0.25, -0.2) is 0 Å². The van der Waals surface area contributed by atoms with Gasteiger partial charge in [0.2, 0.25) is 0 Å². The van der Waals surface area contributed by atoms with Crippen LogP contribution >= 0.6 is 0 Å². The molecule has 0 saturated carbocycles. The molecule has 17 heavy (non-hydrogen) atoms. The highest BCUT2D eigenvalue weighted by Crippen LogP contribution is 2.02. The maximum absolute atomic E-state index is 5.34. The third kappa shape index (κ3) is 21.9. The largest absolute Gasteiger partial charge is 0.379 e. The van der Waals surface area contributed by atoms with E-state index < -0.39 is 0 Å². The van der Waals surface area contributed by atoms with Gasteiger partial charge in [-0.05, 0) is 33.2 Å². The van der Waals surface area contributed by atoms with Crippen LogP contribution < -0.4 is 11.1 Å². The number of hydrogen-bond acceptors (Lipinski definition) is 3. The standard InChI is InChI=1S/C8H18O.C5H16N2Si/c1-4-6-7-8(3)9-5-2;6-2-4-7-3-1-5-8/h8H,4-7H2,1-3H3;7H,1-6H2,8H3. The lowest BCUT2D eigenvalue weighted by Gasteiger charge is -2.09. The molecule has 3 nitrogen and oxygen atoms in total. The fourth-order valence-electron chi connectivity index (χ4n) is 1.39. The summed E-state index contributed by atoms with van der Waals surface area (Å²) in [7, 11) is 1.34. The lowest BCUT2D eigenvalue weighted by Crippen LogP contribution is -2.23. The van der Waals surface area contributed by atoms with Crippen molar-refractivity contribution in [1.29, 1.82) is 0 Å². The van der Waals surface area contributed by atoms with E-state index >= 15 is 0 Å². The topological polar surface area (TPSA) is 47.3 Å². The van der Waals surface area contributed by atoms with Crippen LogP contribution in [0.25, 0.3) is 0 Å². The van der Waals surface area contributed by atoms with Gasteiger partial charge in [-0.3, -0.25) is 0 Å². The third-order valence-electron chi connectivity index (χ3n) is 2.44. The molecule has 106 valence electrons. The average Bonchev–Trinajstić information content (AvgIpc) is 2.33. The van der Waals surface area contributed by atoms with Crippen LogP contribution in [0.15, 0.2) is 0 Å². The van der Waals surface area contributed by atoms with E-state index in [1.807, 2.05) is 6.92 Å². The minimum atomic E-state index is 0.468. The first-order valence-corrected chi connectivity index (χ1v) is 8.66. The first-order chi connectivity index (χ1) is 8.22. The summed E-state index contributed by atoms with van der Waals surface area (Å²) >= 11 is 0. The van der Waals surface area contributed by atoms with E-state index in [1.165, 1.54) is 42.0 Å². The van der Waals surface area contributed by atoms with Crippen molar-refractivity contribution in [2.75, 3.05) is 26.2 Å². The summed E-state index contributed by atoms with van der Waals surface area (Å²) in [6, 6.07) is 1.40. The molecule has 0 fully saturated rings. The van der Waals surface area contributed by atoms with Gasteiger partial charge in [0.15, 0.2) is 0 Å². The number of nitrogens with one attached hydrogen (secondary N) is 1. The minimum Gasteiger partial charge on any atom is -0.379 e. The zero-order valence-corrected chi connectivity index (χ0v) is 14.4. The Morgan fingerprint density at radius 3 is 2.41 bits per heavy atom. The van der Waals surface area contributed by atoms with Gasteiger partial charge in [0, 0.05) is 29.9 Å². The van der Waals surface area contributed by atoms with Crippen LogP contribution in [-0.2, 0) is 4.74 Å². The smallest absolute Gasteiger partial charge is 0.0546 e. The van der Waals surface area contributed by atoms with Crippen molar-refractivity contribution in [3.05, 3.63) is 0 Å². The first kappa shape index (κ1) is 19.4. The van der Waals surface area contributed by atoms with Crippen LogP contribution in [0.4, 0.5) is 0 Å². The summed E-state index contributed by atoms with van der Waals surface area (Å²) in [6.45, 7) is 10.1. The molecule has 0 rings (SSSR count). The van der Waals surface area contributed by atoms with E-state index in [4.69, 9.17) is 10.5 Å². The van der Waals surface area contributed by atoms with Crippen molar-refractivity contribution < 1.29 is 4.74 Å². The number of rotatable bonds is 10. The van der Waals surface area contributed by atoms with Gasteiger partial charge < -0.3 is 15.8 Å². The highest BCUT2D eigenvalue weighted by atomic mass is 28.1. The normalized spacial score (nSPS) is 12.0. The lowest BCUT2D eigenvalue weighted by atomic mass is 10.2. The molecule has 0 aliphatic carbocycles. The fraction of sp³-hybridized carbons (Fsp3) is 1.00. The zero-order valence-electron chi connectivity index (χ0n) is 12.4. The van der Waals surface area contributed by atoms with Crippen LogP contribution in [0.1, 0.15) is 46.5 Å². The number of unbranched alkanes of at least 4 members (excludes halogenated alkanes) is 1. The van der Waals surface area contributed by atoms with E-state index in [9.17, 15) is 0 Å². The predicted molar refractivity (Wildman–Crippen MR) is 81.9 cm³/mol. The van der Waals surface area contributed by atoms with Gasteiger partial charge in [-0.15, -0.1) is 0 Å². The summed E-state index contributed by atoms with van der Waals surface area (Å²) < 4.78 is 5.34. The molecular weight excluding hydrogens is 228 g/mol. The second kappa shape index (κ2) is 18.5. The molecule has 0 heterocycles. The molecule has 0 aromatic rings. The monoisotopic (exact) mass is 262 g/mol. The van der Waals surface area contributed by atoms with Gasteiger partial charge in [0.1, 0.15) is 0 Å². The average molecular weight is 263 g/mol. The van der Waals surface area contributed by atoms with Crippen LogP contribution in [0.3, 0.4) is 0 Å². The molecular formula is C13H34N2OSi. The molecule has 3 N–H and O–H groups in total. The molecule has 1 unspecified atom stereocenters. The maximum atomic E-state index is 5.34. The summed E-state index contributed by atoms with van der Waals surface area (Å²) in [4.78, 5) is 0. The molecule has 1 atom stereocenters. The summed E-state index contributed by atoms with van der Waals surface area (Å²) in [5.74, 6) is 0. The Kier molecular flexibility index (Phi) is 21.1. The van der Waals surface area contributed by atoms with Gasteiger partial charge >= 0.3 is 0 Å². The Morgan fingerprint density at radius 1 is 1.24 bits per heavy atom. The van der Waals surface area contributed by atoms with Crippen molar-refractivity contribution in [1.82, 2.24) is 5.32 Å². The maximum Gasteiger partial charge on any atom is 0.0546 e. The van der Waals surface area contributed by atoms with Crippen LogP contribution in [-0.4, -0.2) is 42.6 Å². The Balaban J connectivity index is 0. The molecule has 4 heteroatoms. The lowest BCUT2D eigenvalue weighted by molar-refractivity contribution is 0.0687. The van der Waals surface area contributed by atoms with Gasteiger partial charge in [-0.1, -0.05) is 25.8 Å². The van der Waals surface area contributed by atoms with Crippen molar-refractivity contribution in [3.8, 4) is 0 Å². The van der Waals surface area contributed by atoms with Crippen LogP contribution in [0, 0.1) is 0 Å². The Labute approximate surface area is 111 Å². The molecule has 0 aliphatic heterocycles. The Morgan fingerprint density at radius 2 is 1.94 bits per heavy atom. The second-order valence-electron chi connectivity index (χ2n) is 4.30. The molecule has 0 spiro atoms. The quantitative estimate of drug-likeness (QED) is 0.461. The summed E-state index contributed by atoms with van der Waals surface area (Å²) in [5, 5.41) is 3.23. The first-order valence-electron chi connectivity index (χ1n) is 7.25. The third-order valence-corrected chi connectivity index (χ3v) is 3.15. The van der Waals surface area contributed by atoms with Crippen molar-refractivity contribution >= 4 is 10.2 Å². The van der Waals surface area contributed by atoms with Crippen molar-refractivity contribution in [2.45, 2.75) is 58.6 Å². The Hall–Kier alpha value is 0.0969. The van der Waals surface area contributed by atoms with E-state index in [-0.39, 0.29) is 0 Å². The van der Waals surface area contributed by atoms with E-state index in [0.717, 1.165) is 26.2 Å². The highest BCUT2D eigenvalue weighted by molar-refractivity contribution is 6.08. The van der Waals surface area contributed by atoms with E-state index in [0.29, 0.717) is 6.10 Å². The summed E-state index contributed by atoms with van der Waals surface area (Å²) in [5.41, 5.74) is 5.26. The van der Waals surface area contributed by atoms with Gasteiger partial charge in [0.05, 0.1) is 6.10 Å². The van der Waals surface area contributed by atoms with E-state index in [1.54, 1.807) is 0 Å². The van der Waals surface area contributed by atoms with Gasteiger partial charge in [-0.2, -0.15) is 0 Å².